The third kappa shape index (κ3) is 3.26. The highest BCUT2D eigenvalue weighted by atomic mass is 79.9. The summed E-state index contributed by atoms with van der Waals surface area (Å²) in [6, 6.07) is 10.6. The molecule has 24 heavy (non-hydrogen) atoms. The van der Waals surface area contributed by atoms with Crippen LogP contribution in [0.15, 0.2) is 47.1 Å². The Balaban J connectivity index is 1.88. The minimum atomic E-state index is -0.387. The lowest BCUT2D eigenvalue weighted by Gasteiger charge is -2.21. The summed E-state index contributed by atoms with van der Waals surface area (Å²) in [4.78, 5) is 31.9. The van der Waals surface area contributed by atoms with Gasteiger partial charge in [-0.15, -0.1) is 0 Å². The van der Waals surface area contributed by atoms with Gasteiger partial charge in [0, 0.05) is 28.5 Å². The van der Waals surface area contributed by atoms with E-state index in [9.17, 15) is 9.59 Å². The number of rotatable bonds is 4. The van der Waals surface area contributed by atoms with Gasteiger partial charge in [0.25, 0.3) is 5.91 Å². The number of cyclic esters (lactones) is 1. The van der Waals surface area contributed by atoms with Crippen molar-refractivity contribution in [3.8, 4) is 0 Å². The minimum absolute atomic E-state index is 0.165. The summed E-state index contributed by atoms with van der Waals surface area (Å²) < 4.78 is 5.80. The number of ether oxygens (including phenoxy) is 1. The molecule has 1 aliphatic heterocycles. The third-order valence-electron chi connectivity index (χ3n) is 3.72. The molecule has 0 bridgehead atoms. The first-order valence-corrected chi connectivity index (χ1v) is 8.37. The van der Waals surface area contributed by atoms with E-state index in [1.807, 2.05) is 13.0 Å². The van der Waals surface area contributed by atoms with Crippen LogP contribution in [0.5, 0.6) is 0 Å². The van der Waals surface area contributed by atoms with Crippen molar-refractivity contribution in [2.75, 3.05) is 29.5 Å². The lowest BCUT2D eigenvalue weighted by atomic mass is 10.1. The van der Waals surface area contributed by atoms with Crippen LogP contribution in [0, 0.1) is 0 Å². The molecule has 0 N–H and O–H groups in total. The van der Waals surface area contributed by atoms with Gasteiger partial charge in [-0.1, -0.05) is 6.07 Å². The first-order chi connectivity index (χ1) is 11.6. The SMILES string of the molecule is CCN(C(=O)c1cccc(N2CCOC2=O)c1)c1ccc(Br)cn1. The van der Waals surface area contributed by atoms with Gasteiger partial charge in [-0.3, -0.25) is 14.6 Å². The van der Waals surface area contributed by atoms with Crippen molar-refractivity contribution >= 4 is 39.4 Å². The second-order valence-electron chi connectivity index (χ2n) is 5.20. The number of carbonyl (C=O) groups is 2. The fourth-order valence-electron chi connectivity index (χ4n) is 2.53. The van der Waals surface area contributed by atoms with Crippen LogP contribution in [0.25, 0.3) is 0 Å². The topological polar surface area (TPSA) is 62.7 Å². The molecule has 0 unspecified atom stereocenters. The number of hydrogen-bond donors (Lipinski definition) is 0. The number of amides is 2. The van der Waals surface area contributed by atoms with Crippen LogP contribution in [0.2, 0.25) is 0 Å². The average Bonchev–Trinajstić information content (AvgIpc) is 3.03. The van der Waals surface area contributed by atoms with E-state index in [4.69, 9.17) is 4.74 Å². The predicted octanol–water partition coefficient (Wildman–Crippen LogP) is 3.47. The number of aromatic nitrogens is 1. The van der Waals surface area contributed by atoms with Crippen LogP contribution in [0.1, 0.15) is 17.3 Å². The van der Waals surface area contributed by atoms with E-state index in [1.165, 1.54) is 4.90 Å². The standard InChI is InChI=1S/C17H16BrN3O3/c1-2-20(15-7-6-13(18)11-19-15)16(22)12-4-3-5-14(10-12)21-8-9-24-17(21)23/h3-7,10-11H,2,8-9H2,1H3. The van der Waals surface area contributed by atoms with Gasteiger partial charge in [0.05, 0.1) is 6.54 Å². The molecule has 1 aliphatic rings. The summed E-state index contributed by atoms with van der Waals surface area (Å²) in [5.74, 6) is 0.415. The molecule has 1 fully saturated rings. The van der Waals surface area contributed by atoms with E-state index in [1.54, 1.807) is 41.4 Å². The molecule has 0 radical (unpaired) electrons. The third-order valence-corrected chi connectivity index (χ3v) is 4.18. The molecule has 6 nitrogen and oxygen atoms in total. The maximum atomic E-state index is 12.8. The summed E-state index contributed by atoms with van der Waals surface area (Å²) in [6.45, 7) is 3.23. The van der Waals surface area contributed by atoms with Gasteiger partial charge in [0.2, 0.25) is 0 Å². The van der Waals surface area contributed by atoms with Gasteiger partial charge >= 0.3 is 6.09 Å². The number of nitrogens with zero attached hydrogens (tertiary/aromatic N) is 3. The fraction of sp³-hybridized carbons (Fsp3) is 0.235. The zero-order valence-electron chi connectivity index (χ0n) is 13.1. The summed E-state index contributed by atoms with van der Waals surface area (Å²) in [7, 11) is 0. The highest BCUT2D eigenvalue weighted by Crippen LogP contribution is 2.22. The lowest BCUT2D eigenvalue weighted by molar-refractivity contribution is 0.0987. The minimum Gasteiger partial charge on any atom is -0.447 e. The zero-order valence-corrected chi connectivity index (χ0v) is 14.7. The van der Waals surface area contributed by atoms with Crippen LogP contribution in [0.4, 0.5) is 16.3 Å². The van der Waals surface area contributed by atoms with E-state index in [0.717, 1.165) is 4.47 Å². The molecule has 2 aromatic rings. The van der Waals surface area contributed by atoms with Gasteiger partial charge in [0.1, 0.15) is 12.4 Å². The molecule has 2 heterocycles. The van der Waals surface area contributed by atoms with Crippen LogP contribution in [-0.4, -0.2) is 36.7 Å². The Labute approximate surface area is 148 Å². The van der Waals surface area contributed by atoms with Crippen molar-refractivity contribution < 1.29 is 14.3 Å². The molecule has 0 atom stereocenters. The molecule has 1 aromatic carbocycles. The van der Waals surface area contributed by atoms with Crippen molar-refractivity contribution in [2.45, 2.75) is 6.92 Å². The Hall–Kier alpha value is -2.41. The Morgan fingerprint density at radius 1 is 1.38 bits per heavy atom. The Bertz CT molecular complexity index is 764. The van der Waals surface area contributed by atoms with Gasteiger partial charge in [-0.2, -0.15) is 0 Å². The van der Waals surface area contributed by atoms with Gasteiger partial charge < -0.3 is 4.74 Å². The monoisotopic (exact) mass is 389 g/mol. The molecule has 2 amide bonds. The summed E-state index contributed by atoms with van der Waals surface area (Å²) in [6.07, 6.45) is 1.27. The molecule has 0 saturated carbocycles. The van der Waals surface area contributed by atoms with Crippen LogP contribution in [0.3, 0.4) is 0 Å². The summed E-state index contributed by atoms with van der Waals surface area (Å²) >= 11 is 3.34. The normalized spacial score (nSPS) is 13.8. The molecule has 1 aromatic heterocycles. The second-order valence-corrected chi connectivity index (χ2v) is 6.12. The predicted molar refractivity (Wildman–Crippen MR) is 94.4 cm³/mol. The highest BCUT2D eigenvalue weighted by Gasteiger charge is 2.25. The van der Waals surface area contributed by atoms with E-state index in [0.29, 0.717) is 36.8 Å². The maximum Gasteiger partial charge on any atom is 0.414 e. The van der Waals surface area contributed by atoms with Crippen molar-refractivity contribution in [2.24, 2.45) is 0 Å². The van der Waals surface area contributed by atoms with Crippen LogP contribution < -0.4 is 9.80 Å². The molecular formula is C17H16BrN3O3. The Morgan fingerprint density at radius 3 is 2.83 bits per heavy atom. The quantitative estimate of drug-likeness (QED) is 0.802. The molecule has 124 valence electrons. The largest absolute Gasteiger partial charge is 0.447 e. The van der Waals surface area contributed by atoms with Crippen LogP contribution >= 0.6 is 15.9 Å². The highest BCUT2D eigenvalue weighted by molar-refractivity contribution is 9.10. The van der Waals surface area contributed by atoms with Crippen molar-refractivity contribution in [3.05, 3.63) is 52.6 Å². The maximum absolute atomic E-state index is 12.8. The first-order valence-electron chi connectivity index (χ1n) is 7.58. The molecule has 3 rings (SSSR count). The van der Waals surface area contributed by atoms with Crippen molar-refractivity contribution in [1.82, 2.24) is 4.98 Å². The summed E-state index contributed by atoms with van der Waals surface area (Å²) in [5.41, 5.74) is 1.15. The van der Waals surface area contributed by atoms with Crippen molar-refractivity contribution in [3.63, 3.8) is 0 Å². The van der Waals surface area contributed by atoms with E-state index >= 15 is 0 Å². The van der Waals surface area contributed by atoms with Gasteiger partial charge in [-0.25, -0.2) is 9.78 Å². The van der Waals surface area contributed by atoms with E-state index < -0.39 is 0 Å². The average molecular weight is 390 g/mol. The van der Waals surface area contributed by atoms with Crippen LogP contribution in [-0.2, 0) is 4.74 Å². The number of pyridine rings is 1. The Morgan fingerprint density at radius 2 is 2.21 bits per heavy atom. The van der Waals surface area contributed by atoms with Gasteiger partial charge in [0.15, 0.2) is 0 Å². The number of benzene rings is 1. The number of halogens is 1. The number of anilines is 2. The lowest BCUT2D eigenvalue weighted by Crippen LogP contribution is -2.31. The van der Waals surface area contributed by atoms with Crippen molar-refractivity contribution in [1.29, 1.82) is 0 Å². The second kappa shape index (κ2) is 7.00. The first kappa shape index (κ1) is 16.4. The molecule has 0 spiro atoms. The zero-order chi connectivity index (χ0) is 17.1. The molecule has 0 aliphatic carbocycles. The van der Waals surface area contributed by atoms with Gasteiger partial charge in [-0.05, 0) is 53.2 Å². The molecule has 7 heteroatoms. The Kier molecular flexibility index (Phi) is 4.80. The molecular weight excluding hydrogens is 374 g/mol. The fourth-order valence-corrected chi connectivity index (χ4v) is 2.76. The smallest absolute Gasteiger partial charge is 0.414 e. The summed E-state index contributed by atoms with van der Waals surface area (Å²) in [5, 5.41) is 0. The number of carbonyl (C=O) groups excluding carboxylic acids is 2. The number of hydrogen-bond acceptors (Lipinski definition) is 4. The van der Waals surface area contributed by atoms with E-state index in [2.05, 4.69) is 20.9 Å². The molecule has 1 saturated heterocycles. The van der Waals surface area contributed by atoms with E-state index in [-0.39, 0.29) is 12.0 Å².